The van der Waals surface area contributed by atoms with Crippen LogP contribution in [0.1, 0.15) is 24.9 Å². The molecule has 0 amide bonds. The van der Waals surface area contributed by atoms with Crippen molar-refractivity contribution in [3.63, 3.8) is 0 Å². The van der Waals surface area contributed by atoms with Crippen LogP contribution in [0.15, 0.2) is 60.8 Å². The first-order valence-electron chi connectivity index (χ1n) is 7.13. The van der Waals surface area contributed by atoms with E-state index in [0.717, 1.165) is 28.0 Å². The molecule has 0 bridgehead atoms. The van der Waals surface area contributed by atoms with Crippen molar-refractivity contribution in [2.45, 2.75) is 19.4 Å². The number of benzene rings is 2. The Hall–Kier alpha value is -2.06. The van der Waals surface area contributed by atoms with Crippen molar-refractivity contribution in [3.05, 3.63) is 71.4 Å². The van der Waals surface area contributed by atoms with Gasteiger partial charge in [0.2, 0.25) is 0 Å². The summed E-state index contributed by atoms with van der Waals surface area (Å²) in [5.41, 5.74) is 3.36. The average Bonchev–Trinajstić information content (AvgIpc) is 2.54. The number of pyridine rings is 1. The second-order valence-corrected chi connectivity index (χ2v) is 5.47. The van der Waals surface area contributed by atoms with E-state index in [9.17, 15) is 0 Å². The maximum Gasteiger partial charge on any atom is 0.0722 e. The Balaban J connectivity index is 1.94. The van der Waals surface area contributed by atoms with Gasteiger partial charge in [0.1, 0.15) is 0 Å². The molecule has 1 unspecified atom stereocenters. The number of anilines is 1. The van der Waals surface area contributed by atoms with Crippen molar-refractivity contribution in [2.24, 2.45) is 0 Å². The number of nitrogens with zero attached hydrogens (tertiary/aromatic N) is 1. The van der Waals surface area contributed by atoms with Gasteiger partial charge in [-0.05, 0) is 48.4 Å². The zero-order valence-electron chi connectivity index (χ0n) is 11.9. The molecule has 2 aromatic carbocycles. The molecule has 0 saturated carbocycles. The normalized spacial score (nSPS) is 12.3. The van der Waals surface area contributed by atoms with Crippen LogP contribution in [0, 0.1) is 0 Å². The van der Waals surface area contributed by atoms with Gasteiger partial charge in [-0.15, -0.1) is 0 Å². The lowest BCUT2D eigenvalue weighted by Gasteiger charge is -2.20. The maximum absolute atomic E-state index is 5.97. The number of hydrogen-bond acceptors (Lipinski definition) is 2. The smallest absolute Gasteiger partial charge is 0.0722 e. The fourth-order valence-electron chi connectivity index (χ4n) is 2.53. The minimum atomic E-state index is 0.257. The van der Waals surface area contributed by atoms with Crippen LogP contribution in [-0.2, 0) is 0 Å². The van der Waals surface area contributed by atoms with E-state index in [4.69, 9.17) is 11.6 Å². The summed E-state index contributed by atoms with van der Waals surface area (Å²) in [5, 5.41) is 5.54. The van der Waals surface area contributed by atoms with Crippen molar-refractivity contribution >= 4 is 28.2 Å². The fraction of sp³-hybridized carbons (Fsp3) is 0.167. The van der Waals surface area contributed by atoms with Gasteiger partial charge in [-0.2, -0.15) is 0 Å². The van der Waals surface area contributed by atoms with Gasteiger partial charge >= 0.3 is 0 Å². The molecule has 1 aromatic heterocycles. The van der Waals surface area contributed by atoms with E-state index in [2.05, 4.69) is 41.5 Å². The largest absolute Gasteiger partial charge is 0.378 e. The second-order valence-electron chi connectivity index (χ2n) is 5.03. The molecule has 2 nitrogen and oxygen atoms in total. The molecule has 3 heteroatoms. The van der Waals surface area contributed by atoms with Crippen molar-refractivity contribution in [2.75, 3.05) is 5.32 Å². The third-order valence-corrected chi connectivity index (χ3v) is 3.91. The summed E-state index contributed by atoms with van der Waals surface area (Å²) < 4.78 is 0. The summed E-state index contributed by atoms with van der Waals surface area (Å²) in [5.74, 6) is 0. The van der Waals surface area contributed by atoms with Gasteiger partial charge in [0, 0.05) is 22.3 Å². The molecule has 0 aliphatic carbocycles. The monoisotopic (exact) mass is 296 g/mol. The van der Waals surface area contributed by atoms with E-state index in [0.29, 0.717) is 0 Å². The Bertz CT molecular complexity index is 732. The first-order chi connectivity index (χ1) is 10.3. The molecule has 0 aliphatic heterocycles. The molecule has 1 N–H and O–H groups in total. The van der Waals surface area contributed by atoms with Gasteiger partial charge in [0.25, 0.3) is 0 Å². The number of rotatable bonds is 4. The van der Waals surface area contributed by atoms with Crippen LogP contribution in [0.2, 0.25) is 5.02 Å². The molecule has 3 rings (SSSR count). The first kappa shape index (κ1) is 13.9. The number of fused-ring (bicyclic) bond motifs is 1. The van der Waals surface area contributed by atoms with Crippen LogP contribution >= 0.6 is 11.6 Å². The summed E-state index contributed by atoms with van der Waals surface area (Å²) in [6, 6.07) is 18.5. The average molecular weight is 297 g/mol. The van der Waals surface area contributed by atoms with Crippen LogP contribution in [0.25, 0.3) is 10.9 Å². The maximum atomic E-state index is 5.97. The Morgan fingerprint density at radius 1 is 1.05 bits per heavy atom. The molecule has 3 aromatic rings. The van der Waals surface area contributed by atoms with Gasteiger partial charge in [0.05, 0.1) is 11.6 Å². The van der Waals surface area contributed by atoms with Crippen molar-refractivity contribution in [1.82, 2.24) is 4.98 Å². The van der Waals surface area contributed by atoms with Crippen molar-refractivity contribution < 1.29 is 0 Å². The predicted octanol–water partition coefficient (Wildman–Crippen LogP) is 5.45. The summed E-state index contributed by atoms with van der Waals surface area (Å²) in [7, 11) is 0. The van der Waals surface area contributed by atoms with Crippen molar-refractivity contribution in [3.8, 4) is 0 Å². The summed E-state index contributed by atoms with van der Waals surface area (Å²) in [6.07, 6.45) is 2.82. The van der Waals surface area contributed by atoms with Crippen LogP contribution in [0.3, 0.4) is 0 Å². The van der Waals surface area contributed by atoms with Crippen LogP contribution in [-0.4, -0.2) is 4.98 Å². The quantitative estimate of drug-likeness (QED) is 0.692. The topological polar surface area (TPSA) is 24.9 Å². The van der Waals surface area contributed by atoms with Crippen LogP contribution in [0.4, 0.5) is 5.69 Å². The molecule has 0 fully saturated rings. The van der Waals surface area contributed by atoms with E-state index >= 15 is 0 Å². The molecule has 0 spiro atoms. The Kier molecular flexibility index (Phi) is 4.07. The number of nitrogens with one attached hydrogen (secondary N) is 1. The molecule has 106 valence electrons. The lowest BCUT2D eigenvalue weighted by Crippen LogP contribution is -2.09. The molecule has 0 aliphatic rings. The third kappa shape index (κ3) is 3.01. The predicted molar refractivity (Wildman–Crippen MR) is 89.8 cm³/mol. The SMILES string of the molecule is CCC(Nc1cccc2ncccc12)c1ccc(Cl)cc1. The minimum Gasteiger partial charge on any atom is -0.378 e. The lowest BCUT2D eigenvalue weighted by molar-refractivity contribution is 0.750. The van der Waals surface area contributed by atoms with Gasteiger partial charge < -0.3 is 5.32 Å². The molecule has 1 heterocycles. The summed E-state index contributed by atoms with van der Waals surface area (Å²) in [4.78, 5) is 4.40. The Morgan fingerprint density at radius 2 is 1.86 bits per heavy atom. The minimum absolute atomic E-state index is 0.257. The zero-order chi connectivity index (χ0) is 14.7. The van der Waals surface area contributed by atoms with Gasteiger partial charge in [-0.25, -0.2) is 0 Å². The second kappa shape index (κ2) is 6.15. The lowest BCUT2D eigenvalue weighted by atomic mass is 10.0. The number of halogens is 1. The van der Waals surface area contributed by atoms with E-state index in [1.165, 1.54) is 5.56 Å². The Morgan fingerprint density at radius 3 is 2.62 bits per heavy atom. The number of hydrogen-bond donors (Lipinski definition) is 1. The van der Waals surface area contributed by atoms with E-state index in [1.54, 1.807) is 0 Å². The molecule has 0 radical (unpaired) electrons. The molecule has 1 atom stereocenters. The van der Waals surface area contributed by atoms with Crippen molar-refractivity contribution in [1.29, 1.82) is 0 Å². The van der Waals surface area contributed by atoms with Gasteiger partial charge in [-0.1, -0.05) is 36.7 Å². The third-order valence-electron chi connectivity index (χ3n) is 3.66. The molecular formula is C18H17ClN2. The van der Waals surface area contributed by atoms with Crippen LogP contribution in [0.5, 0.6) is 0 Å². The van der Waals surface area contributed by atoms with Gasteiger partial charge in [0.15, 0.2) is 0 Å². The Labute approximate surface area is 129 Å². The summed E-state index contributed by atoms with van der Waals surface area (Å²) in [6.45, 7) is 2.18. The number of aromatic nitrogens is 1. The highest BCUT2D eigenvalue weighted by Gasteiger charge is 2.10. The highest BCUT2D eigenvalue weighted by Crippen LogP contribution is 2.28. The first-order valence-corrected chi connectivity index (χ1v) is 7.51. The molecule has 21 heavy (non-hydrogen) atoms. The fourth-order valence-corrected chi connectivity index (χ4v) is 2.66. The van der Waals surface area contributed by atoms with Crippen LogP contribution < -0.4 is 5.32 Å². The van der Waals surface area contributed by atoms with E-state index < -0.39 is 0 Å². The zero-order valence-corrected chi connectivity index (χ0v) is 12.6. The van der Waals surface area contributed by atoms with E-state index in [-0.39, 0.29) is 6.04 Å². The van der Waals surface area contributed by atoms with E-state index in [1.807, 2.05) is 36.5 Å². The summed E-state index contributed by atoms with van der Waals surface area (Å²) >= 11 is 5.97. The highest BCUT2D eigenvalue weighted by atomic mass is 35.5. The molecule has 0 saturated heterocycles. The standard InChI is InChI=1S/C18H17ClN2/c1-2-16(13-8-10-14(19)11-9-13)21-18-7-3-6-17-15(18)5-4-12-20-17/h3-12,16,21H,2H2,1H3. The van der Waals surface area contributed by atoms with Gasteiger partial charge in [-0.3, -0.25) is 4.98 Å². The highest BCUT2D eigenvalue weighted by molar-refractivity contribution is 6.30. The molecular weight excluding hydrogens is 280 g/mol.